The molecule has 0 radical (unpaired) electrons. The maximum Gasteiger partial charge on any atom is 0.495 e. The van der Waals surface area contributed by atoms with Crippen molar-refractivity contribution < 1.29 is 9.31 Å². The van der Waals surface area contributed by atoms with E-state index in [0.29, 0.717) is 0 Å². The predicted molar refractivity (Wildman–Crippen MR) is 104 cm³/mol. The van der Waals surface area contributed by atoms with Gasteiger partial charge in [0.25, 0.3) is 0 Å². The molecule has 1 fully saturated rings. The van der Waals surface area contributed by atoms with Crippen molar-refractivity contribution in [2.75, 3.05) is 0 Å². The first-order chi connectivity index (χ1) is 11.7. The first-order valence-corrected chi connectivity index (χ1v) is 9.30. The molecule has 1 saturated heterocycles. The standard InChI is InChI=1S/C22H27BO2/c1-7-22(6)21(4,5)24-23(25-22)18-14-10-13-17-19(18)15-11-8-9-12-16(15)20(17,2)3/h8-14H,7H2,1-6H3. The molecule has 0 N–H and O–H groups in total. The number of rotatable bonds is 2. The van der Waals surface area contributed by atoms with Crippen LogP contribution in [0.15, 0.2) is 42.5 Å². The summed E-state index contributed by atoms with van der Waals surface area (Å²) < 4.78 is 12.9. The predicted octanol–water partition coefficient (Wildman–Crippen LogP) is 4.68. The van der Waals surface area contributed by atoms with Crippen molar-refractivity contribution in [3.8, 4) is 11.1 Å². The summed E-state index contributed by atoms with van der Waals surface area (Å²) >= 11 is 0. The highest BCUT2D eigenvalue weighted by Crippen LogP contribution is 2.48. The lowest BCUT2D eigenvalue weighted by Gasteiger charge is -2.35. The molecule has 2 aromatic rings. The van der Waals surface area contributed by atoms with E-state index in [2.05, 4.69) is 84.0 Å². The van der Waals surface area contributed by atoms with Crippen LogP contribution in [0, 0.1) is 0 Å². The van der Waals surface area contributed by atoms with E-state index in [-0.39, 0.29) is 23.7 Å². The Morgan fingerprint density at radius 3 is 2.20 bits per heavy atom. The summed E-state index contributed by atoms with van der Waals surface area (Å²) in [4.78, 5) is 0. The number of hydrogen-bond donors (Lipinski definition) is 0. The van der Waals surface area contributed by atoms with E-state index in [4.69, 9.17) is 9.31 Å². The van der Waals surface area contributed by atoms with Gasteiger partial charge in [-0.3, -0.25) is 0 Å². The van der Waals surface area contributed by atoms with Crippen molar-refractivity contribution in [2.45, 2.75) is 64.6 Å². The molecule has 2 aliphatic rings. The Labute approximate surface area is 151 Å². The number of benzene rings is 2. The zero-order chi connectivity index (χ0) is 18.0. The Morgan fingerprint density at radius 1 is 0.840 bits per heavy atom. The van der Waals surface area contributed by atoms with Gasteiger partial charge in [0.15, 0.2) is 0 Å². The summed E-state index contributed by atoms with van der Waals surface area (Å²) in [5, 5.41) is 0. The molecule has 25 heavy (non-hydrogen) atoms. The maximum absolute atomic E-state index is 6.49. The van der Waals surface area contributed by atoms with Crippen molar-refractivity contribution >= 4 is 12.6 Å². The summed E-state index contributed by atoms with van der Waals surface area (Å²) in [6.45, 7) is 13.2. The molecule has 1 aliphatic heterocycles. The van der Waals surface area contributed by atoms with Crippen LogP contribution in [0.2, 0.25) is 0 Å². The molecular formula is C22H27BO2. The van der Waals surface area contributed by atoms with E-state index in [0.717, 1.165) is 11.9 Å². The smallest absolute Gasteiger partial charge is 0.399 e. The summed E-state index contributed by atoms with van der Waals surface area (Å²) in [6, 6.07) is 15.3. The summed E-state index contributed by atoms with van der Waals surface area (Å²) in [5.41, 5.74) is 5.91. The summed E-state index contributed by atoms with van der Waals surface area (Å²) in [6.07, 6.45) is 0.924. The Morgan fingerprint density at radius 2 is 1.52 bits per heavy atom. The van der Waals surface area contributed by atoms with Gasteiger partial charge in [-0.05, 0) is 54.9 Å². The van der Waals surface area contributed by atoms with Crippen molar-refractivity contribution in [2.24, 2.45) is 0 Å². The van der Waals surface area contributed by atoms with Gasteiger partial charge < -0.3 is 9.31 Å². The zero-order valence-electron chi connectivity index (χ0n) is 16.1. The van der Waals surface area contributed by atoms with Gasteiger partial charge in [0.1, 0.15) is 0 Å². The molecule has 0 bridgehead atoms. The highest BCUT2D eigenvalue weighted by atomic mass is 16.7. The Kier molecular flexibility index (Phi) is 3.52. The summed E-state index contributed by atoms with van der Waals surface area (Å²) in [7, 11) is -0.322. The fourth-order valence-electron chi connectivity index (χ4n) is 4.41. The van der Waals surface area contributed by atoms with Crippen LogP contribution in [-0.2, 0) is 14.7 Å². The molecule has 1 atom stereocenters. The Bertz CT molecular complexity index is 840. The van der Waals surface area contributed by atoms with Gasteiger partial charge in [-0.1, -0.05) is 63.2 Å². The Hall–Kier alpha value is -1.58. The zero-order valence-corrected chi connectivity index (χ0v) is 16.1. The molecule has 0 amide bonds. The molecule has 0 saturated carbocycles. The lowest BCUT2D eigenvalue weighted by atomic mass is 9.73. The SMILES string of the molecule is CCC1(C)OB(c2cccc3c2-c2ccccc2C3(C)C)OC1(C)C. The van der Waals surface area contributed by atoms with E-state index in [1.165, 1.54) is 22.3 Å². The molecule has 2 aromatic carbocycles. The van der Waals surface area contributed by atoms with E-state index in [1.807, 2.05) is 0 Å². The van der Waals surface area contributed by atoms with Gasteiger partial charge in [0, 0.05) is 5.41 Å². The van der Waals surface area contributed by atoms with Crippen molar-refractivity contribution in [1.29, 1.82) is 0 Å². The fraction of sp³-hybridized carbons (Fsp3) is 0.455. The van der Waals surface area contributed by atoms with Gasteiger partial charge in [-0.2, -0.15) is 0 Å². The van der Waals surface area contributed by atoms with Crippen LogP contribution in [0.5, 0.6) is 0 Å². The van der Waals surface area contributed by atoms with Gasteiger partial charge in [-0.15, -0.1) is 0 Å². The molecule has 1 unspecified atom stereocenters. The molecule has 0 spiro atoms. The monoisotopic (exact) mass is 334 g/mol. The number of hydrogen-bond acceptors (Lipinski definition) is 2. The van der Waals surface area contributed by atoms with Crippen LogP contribution in [-0.4, -0.2) is 18.3 Å². The molecular weight excluding hydrogens is 307 g/mol. The van der Waals surface area contributed by atoms with Crippen LogP contribution in [0.25, 0.3) is 11.1 Å². The second-order valence-electron chi connectivity index (χ2n) is 8.60. The number of fused-ring (bicyclic) bond motifs is 3. The third-order valence-electron chi connectivity index (χ3n) is 6.61. The average Bonchev–Trinajstić information content (AvgIpc) is 2.97. The maximum atomic E-state index is 6.49. The first-order valence-electron chi connectivity index (χ1n) is 9.30. The first kappa shape index (κ1) is 16.9. The highest BCUT2D eigenvalue weighted by Gasteiger charge is 2.54. The molecule has 1 aliphatic carbocycles. The molecule has 2 nitrogen and oxygen atoms in total. The second-order valence-corrected chi connectivity index (χ2v) is 8.60. The minimum absolute atomic E-state index is 0.00409. The minimum atomic E-state index is -0.322. The van der Waals surface area contributed by atoms with E-state index < -0.39 is 0 Å². The molecule has 4 rings (SSSR count). The molecule has 3 heteroatoms. The van der Waals surface area contributed by atoms with Crippen molar-refractivity contribution in [1.82, 2.24) is 0 Å². The quantitative estimate of drug-likeness (QED) is 0.742. The summed E-state index contributed by atoms with van der Waals surface area (Å²) in [5.74, 6) is 0. The normalized spacial score (nSPS) is 25.8. The molecule has 1 heterocycles. The van der Waals surface area contributed by atoms with Crippen LogP contribution < -0.4 is 5.46 Å². The highest BCUT2D eigenvalue weighted by molar-refractivity contribution is 6.64. The van der Waals surface area contributed by atoms with Crippen LogP contribution >= 0.6 is 0 Å². The Balaban J connectivity index is 1.88. The topological polar surface area (TPSA) is 18.5 Å². The van der Waals surface area contributed by atoms with Gasteiger partial charge in [0.05, 0.1) is 11.2 Å². The minimum Gasteiger partial charge on any atom is -0.399 e. The van der Waals surface area contributed by atoms with Gasteiger partial charge in [-0.25, -0.2) is 0 Å². The van der Waals surface area contributed by atoms with Crippen LogP contribution in [0.3, 0.4) is 0 Å². The third-order valence-corrected chi connectivity index (χ3v) is 6.61. The van der Waals surface area contributed by atoms with Crippen molar-refractivity contribution in [3.63, 3.8) is 0 Å². The van der Waals surface area contributed by atoms with Crippen molar-refractivity contribution in [3.05, 3.63) is 53.6 Å². The fourth-order valence-corrected chi connectivity index (χ4v) is 4.41. The largest absolute Gasteiger partial charge is 0.495 e. The molecule has 0 aromatic heterocycles. The lowest BCUT2D eigenvalue weighted by molar-refractivity contribution is -0.0118. The van der Waals surface area contributed by atoms with Gasteiger partial charge >= 0.3 is 7.12 Å². The average molecular weight is 334 g/mol. The lowest BCUT2D eigenvalue weighted by Crippen LogP contribution is -2.44. The van der Waals surface area contributed by atoms with E-state index in [9.17, 15) is 0 Å². The van der Waals surface area contributed by atoms with E-state index >= 15 is 0 Å². The third kappa shape index (κ3) is 2.19. The van der Waals surface area contributed by atoms with E-state index in [1.54, 1.807) is 0 Å². The molecule has 130 valence electrons. The second kappa shape index (κ2) is 5.22. The van der Waals surface area contributed by atoms with Crippen LogP contribution in [0.1, 0.15) is 59.1 Å². The van der Waals surface area contributed by atoms with Crippen LogP contribution in [0.4, 0.5) is 0 Å². The van der Waals surface area contributed by atoms with Gasteiger partial charge in [0.2, 0.25) is 0 Å².